The summed E-state index contributed by atoms with van der Waals surface area (Å²) in [5, 5.41) is 3.27. The number of carbonyl (C=O) groups is 1. The van der Waals surface area contributed by atoms with Gasteiger partial charge < -0.3 is 5.32 Å². The zero-order chi connectivity index (χ0) is 32.7. The molecule has 0 radical (unpaired) electrons. The van der Waals surface area contributed by atoms with E-state index >= 15 is 0 Å². The number of hydrogen-bond donors (Lipinski definition) is 1. The first-order valence-electron chi connectivity index (χ1n) is 17.0. The van der Waals surface area contributed by atoms with Gasteiger partial charge in [0.1, 0.15) is 5.82 Å². The molecule has 2 aromatic carbocycles. The maximum absolute atomic E-state index is 14.5. The smallest absolute Gasteiger partial charge is 0.337 e. The van der Waals surface area contributed by atoms with Crippen molar-refractivity contribution >= 4 is 16.9 Å². The highest BCUT2D eigenvalue weighted by Gasteiger charge is 2.52. The van der Waals surface area contributed by atoms with Crippen molar-refractivity contribution in [3.63, 3.8) is 0 Å². The van der Waals surface area contributed by atoms with Crippen LogP contribution in [-0.4, -0.2) is 68.6 Å². The van der Waals surface area contributed by atoms with E-state index in [1.807, 2.05) is 43.3 Å². The molecule has 2 aromatic heterocycles. The SMILES string of the molecule is CN(C)C1(C(=O)NC2CCC(n3c(=O)c4cc(F)cnc4n(-c4cccc(-c5ccc(CN6CCCCC6)cc5)c4)c3=O)CC2)CC1. The van der Waals surface area contributed by atoms with Gasteiger partial charge in [-0.1, -0.05) is 42.8 Å². The molecule has 2 aliphatic carbocycles. The van der Waals surface area contributed by atoms with Gasteiger partial charge in [0.25, 0.3) is 5.56 Å². The number of pyridine rings is 1. The summed E-state index contributed by atoms with van der Waals surface area (Å²) in [5.41, 5.74) is 2.45. The van der Waals surface area contributed by atoms with Crippen molar-refractivity contribution in [1.82, 2.24) is 29.2 Å². The minimum absolute atomic E-state index is 0.0170. The topological polar surface area (TPSA) is 92.5 Å². The lowest BCUT2D eigenvalue weighted by Crippen LogP contribution is -2.50. The van der Waals surface area contributed by atoms with Gasteiger partial charge in [0.05, 0.1) is 22.8 Å². The number of piperidine rings is 1. The van der Waals surface area contributed by atoms with Gasteiger partial charge in [-0.05, 0) is 113 Å². The highest BCUT2D eigenvalue weighted by atomic mass is 19.1. The number of fused-ring (bicyclic) bond motifs is 1. The number of aromatic nitrogens is 3. The summed E-state index contributed by atoms with van der Waals surface area (Å²) in [6.45, 7) is 3.22. The molecule has 3 fully saturated rings. The van der Waals surface area contributed by atoms with Crippen molar-refractivity contribution in [3.05, 3.63) is 93.0 Å². The van der Waals surface area contributed by atoms with Crippen LogP contribution >= 0.6 is 0 Å². The van der Waals surface area contributed by atoms with E-state index in [1.54, 1.807) is 0 Å². The average molecular weight is 639 g/mol. The van der Waals surface area contributed by atoms with Crippen LogP contribution in [0.25, 0.3) is 27.8 Å². The second-order valence-corrected chi connectivity index (χ2v) is 13.8. The van der Waals surface area contributed by atoms with Gasteiger partial charge in [0.2, 0.25) is 5.91 Å². The minimum Gasteiger partial charge on any atom is -0.352 e. The second-order valence-electron chi connectivity index (χ2n) is 13.8. The molecular weight excluding hydrogens is 595 g/mol. The molecule has 9 nitrogen and oxygen atoms in total. The van der Waals surface area contributed by atoms with E-state index in [4.69, 9.17) is 0 Å². The molecule has 4 aromatic rings. The predicted molar refractivity (Wildman–Crippen MR) is 181 cm³/mol. The Balaban J connectivity index is 1.17. The molecule has 0 bridgehead atoms. The van der Waals surface area contributed by atoms with Crippen molar-refractivity contribution in [3.8, 4) is 16.8 Å². The third kappa shape index (κ3) is 6.16. The average Bonchev–Trinajstić information content (AvgIpc) is 3.90. The van der Waals surface area contributed by atoms with E-state index in [-0.39, 0.29) is 29.0 Å². The van der Waals surface area contributed by atoms with Gasteiger partial charge >= 0.3 is 5.69 Å². The predicted octanol–water partition coefficient (Wildman–Crippen LogP) is 5.03. The number of likely N-dealkylation sites (N-methyl/N-ethyl adjacent to an activating group) is 1. The summed E-state index contributed by atoms with van der Waals surface area (Å²) in [6.07, 6.45) is 8.96. The van der Waals surface area contributed by atoms with E-state index in [2.05, 4.69) is 39.5 Å². The Morgan fingerprint density at radius 2 is 1.68 bits per heavy atom. The van der Waals surface area contributed by atoms with Gasteiger partial charge in [-0.15, -0.1) is 0 Å². The van der Waals surface area contributed by atoms with Crippen molar-refractivity contribution < 1.29 is 9.18 Å². The molecule has 3 heterocycles. The molecule has 2 saturated carbocycles. The quantitative estimate of drug-likeness (QED) is 0.291. The van der Waals surface area contributed by atoms with Crippen molar-refractivity contribution in [1.29, 1.82) is 0 Å². The number of nitrogens with one attached hydrogen (secondary N) is 1. The minimum atomic E-state index is -0.633. The van der Waals surface area contributed by atoms with Crippen LogP contribution in [0.5, 0.6) is 0 Å². The van der Waals surface area contributed by atoms with Crippen LogP contribution in [-0.2, 0) is 11.3 Å². The normalized spacial score (nSPS) is 21.2. The fourth-order valence-corrected chi connectivity index (χ4v) is 7.53. The molecule has 47 heavy (non-hydrogen) atoms. The number of amides is 1. The van der Waals surface area contributed by atoms with E-state index in [9.17, 15) is 18.8 Å². The number of rotatable bonds is 8. The molecular formula is C37H43FN6O3. The summed E-state index contributed by atoms with van der Waals surface area (Å²) in [7, 11) is 3.86. The molecule has 7 rings (SSSR count). The molecule has 1 saturated heterocycles. The molecule has 0 spiro atoms. The molecule has 10 heteroatoms. The molecule has 1 amide bonds. The fourth-order valence-electron chi connectivity index (χ4n) is 7.53. The van der Waals surface area contributed by atoms with E-state index in [0.29, 0.717) is 31.4 Å². The second kappa shape index (κ2) is 12.8. The van der Waals surface area contributed by atoms with Gasteiger partial charge in [-0.2, -0.15) is 0 Å². The number of benzene rings is 2. The van der Waals surface area contributed by atoms with Crippen LogP contribution < -0.4 is 16.6 Å². The third-order valence-corrected chi connectivity index (χ3v) is 10.5. The monoisotopic (exact) mass is 638 g/mol. The summed E-state index contributed by atoms with van der Waals surface area (Å²) in [4.78, 5) is 49.8. The Hall–Kier alpha value is -4.15. The molecule has 0 atom stereocenters. The Morgan fingerprint density at radius 1 is 0.957 bits per heavy atom. The summed E-state index contributed by atoms with van der Waals surface area (Å²) in [5.74, 6) is -0.583. The van der Waals surface area contributed by atoms with Crippen molar-refractivity contribution in [2.24, 2.45) is 0 Å². The lowest BCUT2D eigenvalue weighted by Gasteiger charge is -2.32. The lowest BCUT2D eigenvalue weighted by molar-refractivity contribution is -0.128. The van der Waals surface area contributed by atoms with Crippen molar-refractivity contribution in [2.75, 3.05) is 27.2 Å². The highest BCUT2D eigenvalue weighted by molar-refractivity contribution is 5.89. The zero-order valence-corrected chi connectivity index (χ0v) is 27.3. The van der Waals surface area contributed by atoms with E-state index in [1.165, 1.54) is 40.0 Å². The third-order valence-electron chi connectivity index (χ3n) is 10.5. The summed E-state index contributed by atoms with van der Waals surface area (Å²) < 4.78 is 17.2. The van der Waals surface area contributed by atoms with Crippen LogP contribution in [0.2, 0.25) is 0 Å². The molecule has 3 aliphatic rings. The number of nitrogens with zero attached hydrogens (tertiary/aromatic N) is 5. The maximum Gasteiger partial charge on any atom is 0.337 e. The largest absolute Gasteiger partial charge is 0.352 e. The standard InChI is InChI=1S/C37H43FN6O3/c1-41(2)37(17-18-37)35(46)40-29-13-15-30(16-14-29)44-34(45)32-22-28(38)23-39-33(32)43(36(44)47)31-8-6-7-27(21-31)26-11-9-25(10-12-26)24-42-19-4-3-5-20-42/h6-12,21-23,29-30H,3-5,13-20,24H2,1-2H3,(H,40,46). The molecule has 0 unspecified atom stereocenters. The number of halogens is 1. The number of carbonyl (C=O) groups excluding carboxylic acids is 1. The first-order valence-corrected chi connectivity index (χ1v) is 17.0. The van der Waals surface area contributed by atoms with Crippen molar-refractivity contribution in [2.45, 2.75) is 82.0 Å². The van der Waals surface area contributed by atoms with Crippen LogP contribution in [0.4, 0.5) is 4.39 Å². The summed E-state index contributed by atoms with van der Waals surface area (Å²) >= 11 is 0. The fraction of sp³-hybridized carbons (Fsp3) is 0.459. The maximum atomic E-state index is 14.5. The first-order chi connectivity index (χ1) is 22.7. The van der Waals surface area contributed by atoms with Crippen LogP contribution in [0, 0.1) is 5.82 Å². The Kier molecular flexibility index (Phi) is 8.57. The highest BCUT2D eigenvalue weighted by Crippen LogP contribution is 2.41. The molecule has 1 N–H and O–H groups in total. The van der Waals surface area contributed by atoms with Crippen LogP contribution in [0.15, 0.2) is 70.4 Å². The van der Waals surface area contributed by atoms with Gasteiger partial charge in [0.15, 0.2) is 5.65 Å². The lowest BCUT2D eigenvalue weighted by atomic mass is 9.90. The van der Waals surface area contributed by atoms with E-state index < -0.39 is 22.6 Å². The van der Waals surface area contributed by atoms with Crippen LogP contribution in [0.3, 0.4) is 0 Å². The van der Waals surface area contributed by atoms with E-state index in [0.717, 1.165) is 49.8 Å². The Labute approximate surface area is 274 Å². The number of likely N-dealkylation sites (tertiary alicyclic amines) is 1. The Bertz CT molecular complexity index is 1900. The van der Waals surface area contributed by atoms with Crippen LogP contribution in [0.1, 0.15) is 69.4 Å². The van der Waals surface area contributed by atoms with Gasteiger partial charge in [-0.25, -0.2) is 18.7 Å². The Morgan fingerprint density at radius 3 is 2.36 bits per heavy atom. The van der Waals surface area contributed by atoms with Gasteiger partial charge in [-0.3, -0.25) is 24.0 Å². The molecule has 1 aliphatic heterocycles. The molecule has 246 valence electrons. The summed E-state index contributed by atoms with van der Waals surface area (Å²) in [6, 6.07) is 16.9. The number of hydrogen-bond acceptors (Lipinski definition) is 6. The first kappa shape index (κ1) is 31.4. The van der Waals surface area contributed by atoms with Gasteiger partial charge in [0, 0.05) is 18.6 Å². The zero-order valence-electron chi connectivity index (χ0n) is 27.3.